The molecule has 0 spiro atoms. The van der Waals surface area contributed by atoms with Gasteiger partial charge in [0, 0.05) is 53.7 Å². The van der Waals surface area contributed by atoms with E-state index in [9.17, 15) is 14.4 Å². The van der Waals surface area contributed by atoms with Crippen LogP contribution in [0.3, 0.4) is 0 Å². The third-order valence-corrected chi connectivity index (χ3v) is 7.18. The fourth-order valence-electron chi connectivity index (χ4n) is 5.71. The molecule has 34 heavy (non-hydrogen) atoms. The van der Waals surface area contributed by atoms with Crippen LogP contribution in [0.4, 0.5) is 0 Å². The Morgan fingerprint density at radius 1 is 1.06 bits per heavy atom. The number of carbonyl (C=O) groups is 3. The van der Waals surface area contributed by atoms with Crippen LogP contribution in [-0.4, -0.2) is 33.7 Å². The molecule has 2 aliphatic rings. The highest BCUT2D eigenvalue weighted by molar-refractivity contribution is 6.50. The summed E-state index contributed by atoms with van der Waals surface area (Å²) < 4.78 is 4.14. The molecule has 1 aliphatic carbocycles. The molecule has 7 nitrogen and oxygen atoms in total. The number of fused-ring (bicyclic) bond motifs is 4. The van der Waals surface area contributed by atoms with Crippen molar-refractivity contribution in [2.75, 3.05) is 6.54 Å². The summed E-state index contributed by atoms with van der Waals surface area (Å²) in [6, 6.07) is 13.9. The van der Waals surface area contributed by atoms with E-state index in [0.717, 1.165) is 58.8 Å². The number of imide groups is 1. The Morgan fingerprint density at radius 3 is 2.68 bits per heavy atom. The molecule has 0 saturated heterocycles. The van der Waals surface area contributed by atoms with Gasteiger partial charge >= 0.3 is 0 Å². The second-order valence-electron chi connectivity index (χ2n) is 9.10. The lowest BCUT2D eigenvalue weighted by Crippen LogP contribution is -2.27. The van der Waals surface area contributed by atoms with E-state index >= 15 is 0 Å². The molecule has 1 aliphatic heterocycles. The minimum absolute atomic E-state index is 0.274. The number of hydrogen-bond acceptors (Lipinski definition) is 3. The average molecular weight is 453 g/mol. The summed E-state index contributed by atoms with van der Waals surface area (Å²) in [6.07, 6.45) is 7.22. The molecule has 2 N–H and O–H groups in total. The SMILES string of the molecule is Cn1cc(C2=C(c3c4c(n5ccccc35)CCC(CNC=O)C4)C(=O)NC2=O)c2ccccc21. The van der Waals surface area contributed by atoms with Crippen LogP contribution < -0.4 is 10.6 Å². The fourth-order valence-corrected chi connectivity index (χ4v) is 5.71. The Hall–Kier alpha value is -4.13. The first-order chi connectivity index (χ1) is 16.6. The van der Waals surface area contributed by atoms with Crippen molar-refractivity contribution in [3.8, 4) is 0 Å². The van der Waals surface area contributed by atoms with Gasteiger partial charge in [-0.2, -0.15) is 0 Å². The van der Waals surface area contributed by atoms with Crippen molar-refractivity contribution >= 4 is 45.8 Å². The van der Waals surface area contributed by atoms with Crippen molar-refractivity contribution in [1.82, 2.24) is 19.6 Å². The lowest BCUT2D eigenvalue weighted by molar-refractivity contribution is -0.122. The van der Waals surface area contributed by atoms with Gasteiger partial charge in [-0.3, -0.25) is 19.7 Å². The third kappa shape index (κ3) is 2.93. The quantitative estimate of drug-likeness (QED) is 0.361. The second kappa shape index (κ2) is 7.73. The number of aryl methyl sites for hydroxylation is 2. The predicted molar refractivity (Wildman–Crippen MR) is 130 cm³/mol. The summed E-state index contributed by atoms with van der Waals surface area (Å²) in [7, 11) is 1.95. The van der Waals surface area contributed by atoms with Crippen LogP contribution in [0.1, 0.15) is 28.8 Å². The molecule has 4 heterocycles. The van der Waals surface area contributed by atoms with Gasteiger partial charge in [-0.05, 0) is 48.9 Å². The Kier molecular flexibility index (Phi) is 4.65. The largest absolute Gasteiger partial charge is 0.358 e. The summed E-state index contributed by atoms with van der Waals surface area (Å²) in [5, 5.41) is 6.31. The van der Waals surface area contributed by atoms with E-state index in [4.69, 9.17) is 0 Å². The fraction of sp³-hybridized carbons (Fsp3) is 0.222. The number of para-hydroxylation sites is 1. The maximum atomic E-state index is 13.3. The standard InChI is InChI=1S/C27H24N4O3/c1-30-14-19(17-6-2-3-7-20(17)30)24-25(27(34)29-26(24)33)23-18-12-16(13-28-15-32)9-10-21(18)31-11-5-4-8-22(23)31/h2-8,11,14-16H,9-10,12-13H2,1H3,(H,28,32)(H,29,33,34). The molecule has 6 rings (SSSR count). The first-order valence-electron chi connectivity index (χ1n) is 11.5. The van der Waals surface area contributed by atoms with Gasteiger partial charge in [-0.1, -0.05) is 24.3 Å². The molecule has 0 fully saturated rings. The molecule has 170 valence electrons. The monoisotopic (exact) mass is 452 g/mol. The normalized spacial score (nSPS) is 18.0. The molecule has 7 heteroatoms. The van der Waals surface area contributed by atoms with Crippen LogP contribution in [0, 0.1) is 5.92 Å². The highest BCUT2D eigenvalue weighted by atomic mass is 16.2. The summed E-state index contributed by atoms with van der Waals surface area (Å²) >= 11 is 0. The van der Waals surface area contributed by atoms with Crippen LogP contribution in [0.15, 0.2) is 54.9 Å². The number of nitrogens with one attached hydrogen (secondary N) is 2. The minimum atomic E-state index is -0.365. The van der Waals surface area contributed by atoms with E-state index in [0.29, 0.717) is 17.7 Å². The molecule has 0 saturated carbocycles. The van der Waals surface area contributed by atoms with Gasteiger partial charge in [0.05, 0.1) is 16.7 Å². The van der Waals surface area contributed by atoms with E-state index in [1.54, 1.807) is 0 Å². The maximum absolute atomic E-state index is 13.3. The highest BCUT2D eigenvalue weighted by Gasteiger charge is 2.38. The zero-order chi connectivity index (χ0) is 23.4. The summed E-state index contributed by atoms with van der Waals surface area (Å²) in [5.74, 6) is -0.453. The zero-order valence-electron chi connectivity index (χ0n) is 18.8. The predicted octanol–water partition coefficient (Wildman–Crippen LogP) is 2.85. The smallest absolute Gasteiger partial charge is 0.259 e. The average Bonchev–Trinajstić information content (AvgIpc) is 3.45. The van der Waals surface area contributed by atoms with Crippen LogP contribution in [0.25, 0.3) is 27.6 Å². The molecule has 0 bridgehead atoms. The van der Waals surface area contributed by atoms with E-state index < -0.39 is 0 Å². The van der Waals surface area contributed by atoms with Gasteiger partial charge < -0.3 is 14.3 Å². The number of pyridine rings is 1. The molecular weight excluding hydrogens is 428 g/mol. The van der Waals surface area contributed by atoms with Crippen LogP contribution in [0.2, 0.25) is 0 Å². The number of nitrogens with zero attached hydrogens (tertiary/aromatic N) is 2. The lowest BCUT2D eigenvalue weighted by Gasteiger charge is -2.23. The van der Waals surface area contributed by atoms with E-state index in [-0.39, 0.29) is 17.7 Å². The Labute approximate surface area is 196 Å². The maximum Gasteiger partial charge on any atom is 0.259 e. The summed E-state index contributed by atoms with van der Waals surface area (Å²) in [4.78, 5) is 37.4. The van der Waals surface area contributed by atoms with Crippen LogP contribution in [0.5, 0.6) is 0 Å². The van der Waals surface area contributed by atoms with Crippen LogP contribution in [-0.2, 0) is 34.3 Å². The molecule has 0 radical (unpaired) electrons. The topological polar surface area (TPSA) is 84.6 Å². The molecule has 1 unspecified atom stereocenters. The first-order valence-corrected chi connectivity index (χ1v) is 11.5. The Balaban J connectivity index is 1.64. The van der Waals surface area contributed by atoms with E-state index in [1.807, 2.05) is 66.5 Å². The van der Waals surface area contributed by atoms with Crippen molar-refractivity contribution in [3.05, 3.63) is 77.2 Å². The van der Waals surface area contributed by atoms with Gasteiger partial charge in [-0.15, -0.1) is 0 Å². The molecular formula is C27H24N4O3. The van der Waals surface area contributed by atoms with Gasteiger partial charge in [0.2, 0.25) is 6.41 Å². The van der Waals surface area contributed by atoms with Gasteiger partial charge in [0.25, 0.3) is 11.8 Å². The minimum Gasteiger partial charge on any atom is -0.358 e. The van der Waals surface area contributed by atoms with Crippen molar-refractivity contribution in [3.63, 3.8) is 0 Å². The third-order valence-electron chi connectivity index (χ3n) is 7.18. The number of amides is 3. The second-order valence-corrected chi connectivity index (χ2v) is 9.10. The van der Waals surface area contributed by atoms with Crippen molar-refractivity contribution < 1.29 is 14.4 Å². The Morgan fingerprint density at radius 2 is 1.82 bits per heavy atom. The van der Waals surface area contributed by atoms with Crippen molar-refractivity contribution in [1.29, 1.82) is 0 Å². The van der Waals surface area contributed by atoms with Crippen molar-refractivity contribution in [2.45, 2.75) is 19.3 Å². The molecule has 1 aromatic carbocycles. The molecule has 4 aromatic rings. The van der Waals surface area contributed by atoms with E-state index in [1.165, 1.54) is 5.69 Å². The number of hydrogen-bond donors (Lipinski definition) is 2. The highest BCUT2D eigenvalue weighted by Crippen LogP contribution is 2.42. The van der Waals surface area contributed by atoms with Gasteiger partial charge in [-0.25, -0.2) is 0 Å². The van der Waals surface area contributed by atoms with Gasteiger partial charge in [0.15, 0.2) is 0 Å². The van der Waals surface area contributed by atoms with Gasteiger partial charge in [0.1, 0.15) is 0 Å². The number of carbonyl (C=O) groups excluding carboxylic acids is 3. The van der Waals surface area contributed by atoms with Crippen molar-refractivity contribution in [2.24, 2.45) is 13.0 Å². The number of rotatable bonds is 5. The van der Waals surface area contributed by atoms with Crippen LogP contribution >= 0.6 is 0 Å². The lowest BCUT2D eigenvalue weighted by atomic mass is 9.83. The number of benzene rings is 1. The molecule has 3 aromatic heterocycles. The molecule has 1 atom stereocenters. The Bertz CT molecular complexity index is 1540. The number of aromatic nitrogens is 2. The summed E-state index contributed by atoms with van der Waals surface area (Å²) in [6.45, 7) is 0.592. The first kappa shape index (κ1) is 20.5. The van der Waals surface area contributed by atoms with E-state index in [2.05, 4.69) is 15.0 Å². The summed E-state index contributed by atoms with van der Waals surface area (Å²) in [5.41, 5.74) is 6.64. The molecule has 3 amide bonds. The zero-order valence-corrected chi connectivity index (χ0v) is 18.8.